The Morgan fingerprint density at radius 1 is 1.04 bits per heavy atom. The lowest BCUT2D eigenvalue weighted by Crippen LogP contribution is -2.28. The predicted molar refractivity (Wildman–Crippen MR) is 102 cm³/mol. The molecule has 0 radical (unpaired) electrons. The van der Waals surface area contributed by atoms with Gasteiger partial charge in [-0.15, -0.1) is 0 Å². The topological polar surface area (TPSA) is 72.5 Å². The number of rotatable bonds is 7. The van der Waals surface area contributed by atoms with E-state index in [1.54, 1.807) is 48.5 Å². The van der Waals surface area contributed by atoms with Gasteiger partial charge in [0.1, 0.15) is 5.75 Å². The smallest absolute Gasteiger partial charge is 0.251 e. The minimum Gasteiger partial charge on any atom is -0.491 e. The van der Waals surface area contributed by atoms with Gasteiger partial charge in [0.2, 0.25) is 0 Å². The van der Waals surface area contributed by atoms with E-state index >= 15 is 0 Å². The maximum Gasteiger partial charge on any atom is 0.251 e. The Hall–Kier alpha value is -2.34. The number of ether oxygens (including phenoxy) is 1. The summed E-state index contributed by atoms with van der Waals surface area (Å²) in [5, 5.41) is 2.99. The standard InChI is InChI=1S/C20H25NO4S/c1-5-19(15-8-12-18(13-9-15)26(4,23)24)21-20(22)16-6-10-17(11-7-16)25-14(2)3/h6-14,19H,5H2,1-4H3,(H,21,22)/t19-/m0/s1. The third-order valence-electron chi connectivity index (χ3n) is 3.91. The van der Waals surface area contributed by atoms with Crippen molar-refractivity contribution >= 4 is 15.7 Å². The predicted octanol–water partition coefficient (Wildman–Crippen LogP) is 3.76. The average Bonchev–Trinajstić information content (AvgIpc) is 2.59. The number of amides is 1. The molecule has 0 aliphatic carbocycles. The van der Waals surface area contributed by atoms with Crippen LogP contribution in [0.3, 0.4) is 0 Å². The van der Waals surface area contributed by atoms with Gasteiger partial charge in [0.15, 0.2) is 9.84 Å². The molecule has 2 rings (SSSR count). The largest absolute Gasteiger partial charge is 0.491 e. The van der Waals surface area contributed by atoms with E-state index in [1.165, 1.54) is 6.26 Å². The molecular weight excluding hydrogens is 350 g/mol. The Bertz CT molecular complexity index is 840. The third kappa shape index (κ3) is 5.33. The van der Waals surface area contributed by atoms with E-state index in [9.17, 15) is 13.2 Å². The van der Waals surface area contributed by atoms with Gasteiger partial charge in [-0.3, -0.25) is 4.79 Å². The zero-order valence-corrected chi connectivity index (χ0v) is 16.3. The Labute approximate surface area is 155 Å². The van der Waals surface area contributed by atoms with Gasteiger partial charge in [-0.1, -0.05) is 19.1 Å². The molecule has 2 aromatic carbocycles. The summed E-state index contributed by atoms with van der Waals surface area (Å²) < 4.78 is 28.7. The first-order chi connectivity index (χ1) is 12.2. The quantitative estimate of drug-likeness (QED) is 0.800. The minimum absolute atomic E-state index is 0.0778. The van der Waals surface area contributed by atoms with E-state index < -0.39 is 9.84 Å². The van der Waals surface area contributed by atoms with Crippen LogP contribution >= 0.6 is 0 Å². The molecule has 0 bridgehead atoms. The number of hydrogen-bond acceptors (Lipinski definition) is 4. The van der Waals surface area contributed by atoms with E-state index in [0.717, 1.165) is 11.3 Å². The van der Waals surface area contributed by atoms with Crippen LogP contribution in [0, 0.1) is 0 Å². The number of carbonyl (C=O) groups is 1. The lowest BCUT2D eigenvalue weighted by Gasteiger charge is -2.18. The molecule has 2 aromatic rings. The van der Waals surface area contributed by atoms with Crippen molar-refractivity contribution in [3.05, 3.63) is 59.7 Å². The highest BCUT2D eigenvalue weighted by atomic mass is 32.2. The van der Waals surface area contributed by atoms with Crippen molar-refractivity contribution in [1.82, 2.24) is 5.32 Å². The molecule has 26 heavy (non-hydrogen) atoms. The monoisotopic (exact) mass is 375 g/mol. The van der Waals surface area contributed by atoms with Crippen LogP contribution in [0.5, 0.6) is 5.75 Å². The van der Waals surface area contributed by atoms with Crippen LogP contribution in [-0.2, 0) is 9.84 Å². The second kappa shape index (κ2) is 8.36. The van der Waals surface area contributed by atoms with Crippen LogP contribution in [0.2, 0.25) is 0 Å². The molecule has 1 atom stereocenters. The number of nitrogens with one attached hydrogen (secondary N) is 1. The van der Waals surface area contributed by atoms with E-state index in [-0.39, 0.29) is 22.9 Å². The number of sulfone groups is 1. The molecule has 1 amide bonds. The van der Waals surface area contributed by atoms with E-state index in [4.69, 9.17) is 4.74 Å². The molecule has 5 nitrogen and oxygen atoms in total. The molecule has 6 heteroatoms. The number of hydrogen-bond donors (Lipinski definition) is 1. The highest BCUT2D eigenvalue weighted by molar-refractivity contribution is 7.90. The molecule has 1 N–H and O–H groups in total. The van der Waals surface area contributed by atoms with Gasteiger partial charge in [0.25, 0.3) is 5.91 Å². The normalized spacial score (nSPS) is 12.7. The summed E-state index contributed by atoms with van der Waals surface area (Å²) in [4.78, 5) is 12.8. The van der Waals surface area contributed by atoms with Crippen molar-refractivity contribution in [2.75, 3.05) is 6.26 Å². The van der Waals surface area contributed by atoms with Crippen LogP contribution in [0.4, 0.5) is 0 Å². The van der Waals surface area contributed by atoms with Crippen molar-refractivity contribution in [2.45, 2.75) is 44.2 Å². The van der Waals surface area contributed by atoms with Crippen molar-refractivity contribution in [3.63, 3.8) is 0 Å². The third-order valence-corrected chi connectivity index (χ3v) is 5.04. The summed E-state index contributed by atoms with van der Waals surface area (Å²) in [6, 6.07) is 13.4. The maximum atomic E-state index is 12.5. The molecule has 0 unspecified atom stereocenters. The molecule has 0 aliphatic heterocycles. The lowest BCUT2D eigenvalue weighted by atomic mass is 10.0. The molecule has 0 saturated heterocycles. The van der Waals surface area contributed by atoms with Gasteiger partial charge in [-0.2, -0.15) is 0 Å². The molecule has 140 valence electrons. The van der Waals surface area contributed by atoms with Crippen LogP contribution in [0.15, 0.2) is 53.4 Å². The second-order valence-corrected chi connectivity index (χ2v) is 8.48. The van der Waals surface area contributed by atoms with Crippen molar-refractivity contribution in [3.8, 4) is 5.75 Å². The highest BCUT2D eigenvalue weighted by Crippen LogP contribution is 2.20. The minimum atomic E-state index is -3.23. The Morgan fingerprint density at radius 2 is 1.62 bits per heavy atom. The number of benzene rings is 2. The molecule has 0 saturated carbocycles. The molecule has 0 fully saturated rings. The molecule has 0 aliphatic rings. The molecule has 0 spiro atoms. The van der Waals surface area contributed by atoms with Crippen LogP contribution in [-0.4, -0.2) is 26.7 Å². The van der Waals surface area contributed by atoms with Gasteiger partial charge in [0, 0.05) is 11.8 Å². The molecule has 0 aromatic heterocycles. The second-order valence-electron chi connectivity index (χ2n) is 6.47. The summed E-state index contributed by atoms with van der Waals surface area (Å²) in [5.74, 6) is 0.542. The summed E-state index contributed by atoms with van der Waals surface area (Å²) in [6.45, 7) is 5.86. The maximum absolute atomic E-state index is 12.5. The summed E-state index contributed by atoms with van der Waals surface area (Å²) in [5.41, 5.74) is 1.42. The highest BCUT2D eigenvalue weighted by Gasteiger charge is 2.15. The summed E-state index contributed by atoms with van der Waals surface area (Å²) in [6.07, 6.45) is 1.95. The summed E-state index contributed by atoms with van der Waals surface area (Å²) in [7, 11) is -3.23. The van der Waals surface area contributed by atoms with E-state index in [1.807, 2.05) is 20.8 Å². The Kier molecular flexibility index (Phi) is 6.42. The van der Waals surface area contributed by atoms with Gasteiger partial charge in [-0.05, 0) is 62.2 Å². The van der Waals surface area contributed by atoms with Gasteiger partial charge >= 0.3 is 0 Å². The van der Waals surface area contributed by atoms with Crippen LogP contribution in [0.1, 0.15) is 49.2 Å². The zero-order valence-electron chi connectivity index (χ0n) is 15.5. The van der Waals surface area contributed by atoms with Crippen molar-refractivity contribution < 1.29 is 17.9 Å². The number of carbonyl (C=O) groups excluding carboxylic acids is 1. The fraction of sp³-hybridized carbons (Fsp3) is 0.350. The SMILES string of the molecule is CC[C@H](NC(=O)c1ccc(OC(C)C)cc1)c1ccc(S(C)(=O)=O)cc1. The first kappa shape index (κ1) is 20.0. The van der Waals surface area contributed by atoms with Crippen LogP contribution < -0.4 is 10.1 Å². The van der Waals surface area contributed by atoms with E-state index in [0.29, 0.717) is 12.0 Å². The van der Waals surface area contributed by atoms with E-state index in [2.05, 4.69) is 5.32 Å². The van der Waals surface area contributed by atoms with Gasteiger partial charge in [-0.25, -0.2) is 8.42 Å². The fourth-order valence-electron chi connectivity index (χ4n) is 2.57. The fourth-order valence-corrected chi connectivity index (χ4v) is 3.20. The molecule has 0 heterocycles. The Morgan fingerprint density at radius 3 is 2.08 bits per heavy atom. The van der Waals surface area contributed by atoms with Crippen molar-refractivity contribution in [1.29, 1.82) is 0 Å². The Balaban J connectivity index is 2.10. The zero-order chi connectivity index (χ0) is 19.3. The first-order valence-corrected chi connectivity index (χ1v) is 10.5. The molecular formula is C20H25NO4S. The van der Waals surface area contributed by atoms with Crippen molar-refractivity contribution in [2.24, 2.45) is 0 Å². The van der Waals surface area contributed by atoms with Gasteiger partial charge in [0.05, 0.1) is 17.0 Å². The lowest BCUT2D eigenvalue weighted by molar-refractivity contribution is 0.0935. The first-order valence-electron chi connectivity index (χ1n) is 8.58. The summed E-state index contributed by atoms with van der Waals surface area (Å²) >= 11 is 0. The average molecular weight is 375 g/mol. The van der Waals surface area contributed by atoms with Crippen LogP contribution in [0.25, 0.3) is 0 Å². The van der Waals surface area contributed by atoms with Gasteiger partial charge < -0.3 is 10.1 Å².